The van der Waals surface area contributed by atoms with Gasteiger partial charge in [0.05, 0.1) is 0 Å². The van der Waals surface area contributed by atoms with Crippen molar-refractivity contribution in [2.75, 3.05) is 0 Å². The van der Waals surface area contributed by atoms with Gasteiger partial charge in [-0.15, -0.1) is 0 Å². The average molecular weight is 421 g/mol. The second-order valence-electron chi connectivity index (χ2n) is 4.61. The molecule has 0 aliphatic rings. The minimum atomic E-state index is -0.833. The van der Waals surface area contributed by atoms with E-state index in [1.807, 2.05) is 0 Å². The zero-order chi connectivity index (χ0) is 17.5. The average Bonchev–Trinajstić information content (AvgIpc) is 2.48. The van der Waals surface area contributed by atoms with Gasteiger partial charge in [0.15, 0.2) is 0 Å². The van der Waals surface area contributed by atoms with Gasteiger partial charge in [0.1, 0.15) is 0 Å². The van der Waals surface area contributed by atoms with Crippen molar-refractivity contribution in [3.63, 3.8) is 0 Å². The number of rotatable bonds is 4. The minimum absolute atomic E-state index is 0.258. The fraction of sp³-hybridized carbons (Fsp3) is 0.222. The molecule has 0 aromatic heterocycles. The normalized spacial score (nSPS) is 8.78. The van der Waals surface area contributed by atoms with Crippen LogP contribution in [0.5, 0.6) is 0 Å². The molecule has 0 amide bonds. The van der Waals surface area contributed by atoms with Crippen molar-refractivity contribution in [3.8, 4) is 0 Å². The monoisotopic (exact) mass is 422 g/mol. The summed E-state index contributed by atoms with van der Waals surface area (Å²) in [6.07, 6.45) is 0. The number of carboxylic acids is 2. The van der Waals surface area contributed by atoms with E-state index in [0.29, 0.717) is 0 Å². The molecule has 0 fully saturated rings. The number of hydrogen-bond acceptors (Lipinski definition) is 2. The van der Waals surface area contributed by atoms with Gasteiger partial charge in [-0.3, -0.25) is 9.59 Å². The van der Waals surface area contributed by atoms with Gasteiger partial charge >= 0.3 is 102 Å². The summed E-state index contributed by atoms with van der Waals surface area (Å²) in [5.74, 6) is -1.67. The van der Waals surface area contributed by atoms with Crippen molar-refractivity contribution in [2.45, 2.75) is 22.7 Å². The molecule has 0 spiro atoms. The summed E-state index contributed by atoms with van der Waals surface area (Å²) in [7, 11) is 0. The molecule has 0 aliphatic carbocycles. The molecule has 2 aromatic carbocycles. The summed E-state index contributed by atoms with van der Waals surface area (Å²) in [5, 5.41) is 14.8. The van der Waals surface area contributed by atoms with E-state index in [-0.39, 0.29) is 21.1 Å². The van der Waals surface area contributed by atoms with Crippen molar-refractivity contribution in [1.82, 2.24) is 0 Å². The van der Waals surface area contributed by atoms with Crippen molar-refractivity contribution < 1.29 is 19.8 Å². The van der Waals surface area contributed by atoms with E-state index in [9.17, 15) is 0 Å². The number of aliphatic carboxylic acids is 2. The Hall–Kier alpha value is -1.82. The van der Waals surface area contributed by atoms with Crippen LogP contribution in [0.25, 0.3) is 0 Å². The molecule has 4 nitrogen and oxygen atoms in total. The van der Waals surface area contributed by atoms with Crippen molar-refractivity contribution in [1.29, 1.82) is 0 Å². The molecule has 122 valence electrons. The first-order chi connectivity index (χ1) is 10.9. The Labute approximate surface area is 147 Å². The second-order valence-corrected chi connectivity index (χ2v) is 8.06. The van der Waals surface area contributed by atoms with Gasteiger partial charge in [0, 0.05) is 13.8 Å². The number of benzene rings is 2. The number of carbonyl (C=O) groups is 2. The first kappa shape index (κ1) is 21.2. The molecule has 2 aromatic rings. The van der Waals surface area contributed by atoms with E-state index in [1.54, 1.807) is 0 Å². The molecule has 2 radical (unpaired) electrons. The van der Waals surface area contributed by atoms with Gasteiger partial charge in [0.25, 0.3) is 11.9 Å². The fourth-order valence-corrected chi connectivity index (χ4v) is 4.89. The molecular weight excluding hydrogens is 399 g/mol. The predicted octanol–water partition coefficient (Wildman–Crippen LogP) is 3.27. The van der Waals surface area contributed by atoms with Crippen LogP contribution in [0, 0.1) is 0 Å². The Kier molecular flexibility index (Phi) is 12.7. The third-order valence-electron chi connectivity index (χ3n) is 2.34. The van der Waals surface area contributed by atoms with Crippen molar-refractivity contribution in [2.24, 2.45) is 0 Å². The van der Waals surface area contributed by atoms with Gasteiger partial charge < -0.3 is 10.2 Å². The number of hydrogen-bond donors (Lipinski definition) is 2. The first-order valence-corrected chi connectivity index (χ1v) is 11.1. The molecule has 5 heteroatoms. The molecule has 0 saturated carbocycles. The Balaban J connectivity index is 0.000000509. The van der Waals surface area contributed by atoms with Crippen LogP contribution in [0.2, 0.25) is 0 Å². The Morgan fingerprint density at radius 1 is 0.739 bits per heavy atom. The van der Waals surface area contributed by atoms with Crippen LogP contribution in [-0.4, -0.2) is 43.3 Å². The molecule has 0 unspecified atom stereocenters. The zero-order valence-corrected chi connectivity index (χ0v) is 16.3. The quantitative estimate of drug-likeness (QED) is 0.744. The van der Waals surface area contributed by atoms with Crippen LogP contribution in [0.3, 0.4) is 0 Å². The predicted molar refractivity (Wildman–Crippen MR) is 92.7 cm³/mol. The van der Waals surface area contributed by atoms with E-state index < -0.39 is 11.9 Å². The second kappa shape index (κ2) is 13.8. The van der Waals surface area contributed by atoms with E-state index in [4.69, 9.17) is 19.8 Å². The van der Waals surface area contributed by atoms with Crippen molar-refractivity contribution in [3.05, 3.63) is 71.8 Å². The summed E-state index contributed by atoms with van der Waals surface area (Å²) in [6, 6.07) is 21.7. The summed E-state index contributed by atoms with van der Waals surface area (Å²) < 4.78 is 2.69. The summed E-state index contributed by atoms with van der Waals surface area (Å²) in [5.41, 5.74) is 3.03. The Bertz CT molecular complexity index is 496. The standard InChI is InChI=1S/2C7H7.2C2H4O2.Sn/c2*1-7-5-3-2-4-6-7;2*1-2(3)4;/h2*2-6H,1H2;2*1H3,(H,3,4);. The molecule has 0 aliphatic heterocycles. The molecule has 0 heterocycles. The maximum atomic E-state index is 9.00. The van der Waals surface area contributed by atoms with Crippen LogP contribution >= 0.6 is 0 Å². The molecule has 23 heavy (non-hydrogen) atoms. The molecule has 2 N–H and O–H groups in total. The molecule has 2 rings (SSSR count). The third-order valence-corrected chi connectivity index (χ3v) is 6.10. The zero-order valence-electron chi connectivity index (χ0n) is 13.4. The molecular formula is C18H22O4Sn. The Morgan fingerprint density at radius 3 is 1.26 bits per heavy atom. The van der Waals surface area contributed by atoms with Gasteiger partial charge in [-0.05, 0) is 0 Å². The van der Waals surface area contributed by atoms with Crippen LogP contribution < -0.4 is 0 Å². The van der Waals surface area contributed by atoms with Gasteiger partial charge in [0.2, 0.25) is 0 Å². The number of carboxylic acid groups (broad SMARTS) is 2. The van der Waals surface area contributed by atoms with Gasteiger partial charge in [-0.1, -0.05) is 0 Å². The molecule has 0 atom stereocenters. The van der Waals surface area contributed by atoms with E-state index >= 15 is 0 Å². The van der Waals surface area contributed by atoms with E-state index in [2.05, 4.69) is 60.7 Å². The third kappa shape index (κ3) is 16.4. The van der Waals surface area contributed by atoms with Crippen LogP contribution in [0.1, 0.15) is 25.0 Å². The van der Waals surface area contributed by atoms with Crippen LogP contribution in [-0.2, 0) is 18.5 Å². The first-order valence-electron chi connectivity index (χ1n) is 7.09. The maximum absolute atomic E-state index is 9.00. The van der Waals surface area contributed by atoms with Gasteiger partial charge in [-0.2, -0.15) is 0 Å². The van der Waals surface area contributed by atoms with Gasteiger partial charge in [-0.25, -0.2) is 0 Å². The SMILES string of the molecule is CC(=O)O.CC(=O)O.c1ccc([CH2][Sn][CH2]c2ccccc2)cc1. The topological polar surface area (TPSA) is 74.6 Å². The summed E-state index contributed by atoms with van der Waals surface area (Å²) in [6.45, 7) is 2.17. The van der Waals surface area contributed by atoms with E-state index in [0.717, 1.165) is 13.8 Å². The van der Waals surface area contributed by atoms with Crippen molar-refractivity contribution >= 4 is 33.1 Å². The Morgan fingerprint density at radius 2 is 1.00 bits per heavy atom. The van der Waals surface area contributed by atoms with Crippen LogP contribution in [0.15, 0.2) is 60.7 Å². The fourth-order valence-electron chi connectivity index (χ4n) is 1.54. The molecule has 0 saturated heterocycles. The summed E-state index contributed by atoms with van der Waals surface area (Å²) >= 11 is -0.258. The summed E-state index contributed by atoms with van der Waals surface area (Å²) in [4.78, 5) is 18.0. The van der Waals surface area contributed by atoms with E-state index in [1.165, 1.54) is 20.0 Å². The van der Waals surface area contributed by atoms with Crippen LogP contribution in [0.4, 0.5) is 0 Å². The molecule has 0 bridgehead atoms.